The Morgan fingerprint density at radius 2 is 0.622 bits per heavy atom. The first-order chi connectivity index (χ1) is 51.4. The molecule has 0 radical (unpaired) electrons. The fourth-order valence-electron chi connectivity index (χ4n) is 9.11. The van der Waals surface area contributed by atoms with E-state index < -0.39 is 136 Å². The van der Waals surface area contributed by atoms with E-state index in [0.29, 0.717) is 24.3 Å². The van der Waals surface area contributed by atoms with E-state index in [9.17, 15) is 113 Å². The number of hydrogen-bond donors (Lipinski definition) is 4. The zero-order chi connectivity index (χ0) is 85.6. The molecule has 0 fully saturated rings. The number of alkyl halides is 18. The number of esters is 4. The van der Waals surface area contributed by atoms with Gasteiger partial charge in [0.1, 0.15) is 6.29 Å². The van der Waals surface area contributed by atoms with Gasteiger partial charge in [0.05, 0.1) is 93.2 Å². The maximum absolute atomic E-state index is 12.5. The Hall–Kier alpha value is -8.29. The zero-order valence-electron chi connectivity index (χ0n) is 60.7. The predicted molar refractivity (Wildman–Crippen MR) is 388 cm³/mol. The van der Waals surface area contributed by atoms with Crippen molar-refractivity contribution in [2.75, 3.05) is 26.4 Å². The normalized spacial score (nSPS) is 11.3. The standard InChI is InChI=1S/C12H11F3O2.C11H12F3NO2.C11H9F3O3.C10H8BrF3O2.C9H8F3NO2.C8H4BrF3O2.3C4H9.C2H3.Sn/c1-3-8-5-9(11(16)17-4-2)7-10(6-8)12(13,14)15;2*1-2-17-10(16)8-3-7(6-15)4-9(5-8)11(12,13)14;1-2-16-9(15)6-3-7(10(12,13)14)5-8(11)4-6;10-9(11,12)7-2-5(4-13)1-6(3-7)8(14)15;9-6-2-4(7(13)14)1-5(3-6)8(10,11)12;3*1-3-4-2;1-2;/h3,5-7H,1,4H2,2H3;3-5H,2,6,15H2,1H3;3-6H,2H2,1H3;3-5H,2H2,1H3;1-3H,4,13H2,(H,14,15);1-3H,(H,13,14);3*1,3-4H2,2H3;1H,2H2;. The van der Waals surface area contributed by atoms with Crippen molar-refractivity contribution in [1.82, 2.24) is 0 Å². The third-order valence-corrected chi connectivity index (χ3v) is 29.5. The molecule has 0 aliphatic carbocycles. The van der Waals surface area contributed by atoms with Crippen LogP contribution in [-0.2, 0) is 69.1 Å². The largest absolute Gasteiger partial charge is 0.478 e. The summed E-state index contributed by atoms with van der Waals surface area (Å²) >= 11 is 3.88. The Morgan fingerprint density at radius 1 is 0.378 bits per heavy atom. The van der Waals surface area contributed by atoms with Crippen LogP contribution in [-0.4, -0.2) is 97.1 Å². The number of aromatic carboxylic acids is 2. The van der Waals surface area contributed by atoms with Gasteiger partial charge in [-0.1, -0.05) is 44.5 Å². The molecule has 6 aromatic rings. The van der Waals surface area contributed by atoms with Crippen molar-refractivity contribution in [3.05, 3.63) is 224 Å². The first-order valence-corrected chi connectivity index (χ1v) is 42.6. The number of carbonyl (C=O) groups excluding carboxylic acids is 5. The van der Waals surface area contributed by atoms with E-state index in [2.05, 4.69) is 88.8 Å². The number of hydrogen-bond acceptors (Lipinski definition) is 13. The molecule has 0 spiro atoms. The third-order valence-electron chi connectivity index (χ3n) is 14.6. The van der Waals surface area contributed by atoms with Crippen molar-refractivity contribution in [2.24, 2.45) is 11.5 Å². The number of carboxylic acids is 2. The Kier molecular flexibility index (Phi) is 45.0. The fraction of sp³-hybridized carbons (Fsp3) is 0.373. The molecule has 0 saturated heterocycles. The molecule has 0 amide bonds. The van der Waals surface area contributed by atoms with E-state index >= 15 is 0 Å². The van der Waals surface area contributed by atoms with Crippen molar-refractivity contribution in [1.29, 1.82) is 0 Å². The molecule has 6 rings (SSSR count). The van der Waals surface area contributed by atoms with Crippen molar-refractivity contribution in [3.8, 4) is 0 Å². The maximum atomic E-state index is 12.5. The predicted octanol–water partition coefficient (Wildman–Crippen LogP) is 22.8. The monoisotopic (exact) mass is 1840 g/mol. The Morgan fingerprint density at radius 3 is 0.883 bits per heavy atom. The van der Waals surface area contributed by atoms with Gasteiger partial charge in [0.2, 0.25) is 0 Å². The van der Waals surface area contributed by atoms with Crippen LogP contribution in [0.2, 0.25) is 13.3 Å². The number of rotatable bonds is 24. The number of benzene rings is 6. The summed E-state index contributed by atoms with van der Waals surface area (Å²) in [6.07, 6.45) is -17.2. The first kappa shape index (κ1) is 103. The van der Waals surface area contributed by atoms with Gasteiger partial charge in [-0.05, 0) is 154 Å². The minimum atomic E-state index is -4.61. The smallest absolute Gasteiger partial charge is 0.416 e. The maximum Gasteiger partial charge on any atom is 0.416 e. The molecule has 614 valence electrons. The number of aldehydes is 1. The Balaban J connectivity index is 0.00000127. The molecule has 36 heteroatoms. The van der Waals surface area contributed by atoms with Crippen molar-refractivity contribution in [2.45, 2.75) is 150 Å². The summed E-state index contributed by atoms with van der Waals surface area (Å²) in [6.45, 7) is 21.0. The van der Waals surface area contributed by atoms with Crippen molar-refractivity contribution >= 4 is 98.4 Å². The molecule has 0 bridgehead atoms. The minimum absolute atomic E-state index is 0.0471. The molecule has 6 N–H and O–H groups in total. The SMILES string of the molecule is C=Cc1cc(C(=O)OCC)cc(C(F)(F)F)c1.C=[CH][Sn]([CH2]CCC)([CH2]CCC)[CH2]CCC.CCOC(=O)c1cc(Br)cc(C(F)(F)F)c1.CCOC(=O)c1cc(C=O)cc(C(F)(F)F)c1.CCOC(=O)c1cc(CN)cc(C(F)(F)F)c1.NCc1cc(C(=O)O)cc(C(F)(F)F)c1.O=C(O)c1cc(Br)cc(C(F)(F)F)c1. The number of halogens is 20. The van der Waals surface area contributed by atoms with Crippen LogP contribution in [0.1, 0.15) is 210 Å². The molecular weight excluding hydrogens is 1760 g/mol. The van der Waals surface area contributed by atoms with Gasteiger partial charge in [0, 0.05) is 27.6 Å². The van der Waals surface area contributed by atoms with E-state index in [0.717, 1.165) is 66.7 Å². The molecular formula is C75H82Br2F18N2O13Sn. The molecule has 0 unspecified atom stereocenters. The molecule has 0 atom stereocenters. The Bertz CT molecular complexity index is 3930. The van der Waals surface area contributed by atoms with Gasteiger partial charge in [0.15, 0.2) is 0 Å². The summed E-state index contributed by atoms with van der Waals surface area (Å²) in [4.78, 5) is 76.8. The molecule has 0 saturated carbocycles. The molecule has 0 aliphatic heterocycles. The number of carboxylic acid groups (broad SMARTS) is 2. The zero-order valence-corrected chi connectivity index (χ0v) is 66.8. The van der Waals surface area contributed by atoms with Crippen LogP contribution in [0.3, 0.4) is 0 Å². The van der Waals surface area contributed by atoms with Crippen LogP contribution >= 0.6 is 31.9 Å². The summed E-state index contributed by atoms with van der Waals surface area (Å²) in [5.41, 5.74) is 3.65. The van der Waals surface area contributed by atoms with Crippen LogP contribution in [0.4, 0.5) is 79.0 Å². The average Bonchev–Trinajstić information content (AvgIpc) is 0.827. The van der Waals surface area contributed by atoms with E-state index in [1.54, 1.807) is 34.1 Å². The van der Waals surface area contributed by atoms with E-state index in [4.69, 9.17) is 21.7 Å². The van der Waals surface area contributed by atoms with Gasteiger partial charge >= 0.3 is 175 Å². The van der Waals surface area contributed by atoms with Crippen LogP contribution in [0.5, 0.6) is 0 Å². The van der Waals surface area contributed by atoms with E-state index in [-0.39, 0.29) is 99.3 Å². The van der Waals surface area contributed by atoms with Gasteiger partial charge in [-0.15, -0.1) is 0 Å². The van der Waals surface area contributed by atoms with Crippen LogP contribution in [0.15, 0.2) is 135 Å². The summed E-state index contributed by atoms with van der Waals surface area (Å²) in [6, 6.07) is 16.4. The molecule has 0 aliphatic rings. The van der Waals surface area contributed by atoms with Crippen LogP contribution < -0.4 is 11.5 Å². The summed E-state index contributed by atoms with van der Waals surface area (Å²) in [5.74, 6) is -6.02. The van der Waals surface area contributed by atoms with Crippen LogP contribution in [0.25, 0.3) is 6.08 Å². The average molecular weight is 1840 g/mol. The molecule has 0 heterocycles. The van der Waals surface area contributed by atoms with Crippen molar-refractivity contribution < 1.29 is 142 Å². The van der Waals surface area contributed by atoms with Gasteiger partial charge in [0.25, 0.3) is 0 Å². The number of nitrogens with two attached hydrogens (primary N) is 2. The van der Waals surface area contributed by atoms with Crippen molar-refractivity contribution in [3.63, 3.8) is 0 Å². The molecule has 0 aromatic heterocycles. The summed E-state index contributed by atoms with van der Waals surface area (Å²) in [5, 5.41) is 17.1. The van der Waals surface area contributed by atoms with Gasteiger partial charge in [-0.2, -0.15) is 79.0 Å². The number of ether oxygens (including phenoxy) is 4. The molecule has 111 heavy (non-hydrogen) atoms. The second kappa shape index (κ2) is 48.6. The van der Waals surface area contributed by atoms with E-state index in [1.807, 2.05) is 0 Å². The molecule has 15 nitrogen and oxygen atoms in total. The van der Waals surface area contributed by atoms with Gasteiger partial charge < -0.3 is 40.6 Å². The number of carbonyl (C=O) groups is 7. The second-order valence-corrected chi connectivity index (χ2v) is 38.1. The quantitative estimate of drug-likeness (QED) is 0.0145. The fourth-order valence-corrected chi connectivity index (χ4v) is 23.0. The Labute approximate surface area is 649 Å². The summed E-state index contributed by atoms with van der Waals surface area (Å²) < 4.78 is 249. The first-order valence-electron chi connectivity index (χ1n) is 33.3. The van der Waals surface area contributed by atoms with Gasteiger partial charge in [-0.25, -0.2) is 28.8 Å². The van der Waals surface area contributed by atoms with E-state index in [1.165, 1.54) is 69.7 Å². The molecule has 6 aromatic carbocycles. The summed E-state index contributed by atoms with van der Waals surface area (Å²) in [7, 11) is 0. The number of unbranched alkanes of at least 4 members (excludes halogenated alkanes) is 3. The topological polar surface area (TPSA) is 249 Å². The van der Waals surface area contributed by atoms with Gasteiger partial charge in [-0.3, -0.25) is 4.79 Å². The minimum Gasteiger partial charge on any atom is -0.478 e. The second-order valence-electron chi connectivity index (χ2n) is 23.1. The van der Waals surface area contributed by atoms with Crippen LogP contribution in [0, 0.1) is 0 Å². The third kappa shape index (κ3) is 38.7.